The normalized spacial score (nSPS) is 10.5. The number of aromatic nitrogens is 3. The molecule has 5 nitrogen and oxygen atoms in total. The fourth-order valence-corrected chi connectivity index (χ4v) is 2.73. The number of hydrogen-bond donors (Lipinski definition) is 1. The number of carbonyl (C=O) groups is 1. The highest BCUT2D eigenvalue weighted by Crippen LogP contribution is 2.28. The zero-order chi connectivity index (χ0) is 14.5. The average molecular weight is 298 g/mol. The van der Waals surface area contributed by atoms with Gasteiger partial charge in [0.2, 0.25) is 5.91 Å². The molecule has 0 aliphatic rings. The van der Waals surface area contributed by atoms with Crippen molar-refractivity contribution in [2.75, 3.05) is 5.32 Å². The van der Waals surface area contributed by atoms with Crippen LogP contribution in [0.1, 0.15) is 6.42 Å². The largest absolute Gasteiger partial charge is 0.316 e. The Balaban J connectivity index is 1.58. The van der Waals surface area contributed by atoms with Crippen molar-refractivity contribution in [1.29, 1.82) is 0 Å². The number of hydrogen-bond acceptors (Lipinski definition) is 4. The van der Waals surface area contributed by atoms with Crippen molar-refractivity contribution in [2.45, 2.75) is 13.0 Å². The van der Waals surface area contributed by atoms with Crippen molar-refractivity contribution < 1.29 is 4.79 Å². The first-order valence-corrected chi connectivity index (χ1v) is 7.41. The van der Waals surface area contributed by atoms with Crippen LogP contribution in [0, 0.1) is 0 Å². The van der Waals surface area contributed by atoms with Crippen LogP contribution < -0.4 is 5.32 Å². The van der Waals surface area contributed by atoms with Gasteiger partial charge in [-0.3, -0.25) is 9.48 Å². The lowest BCUT2D eigenvalue weighted by atomic mass is 10.2. The first-order valence-electron chi connectivity index (χ1n) is 6.60. The Morgan fingerprint density at radius 1 is 1.24 bits per heavy atom. The molecule has 0 atom stereocenters. The first kappa shape index (κ1) is 13.5. The summed E-state index contributed by atoms with van der Waals surface area (Å²) >= 11 is 1.47. The predicted octanol–water partition coefficient (Wildman–Crippen LogP) is 3.04. The fourth-order valence-electron chi connectivity index (χ4n) is 1.89. The van der Waals surface area contributed by atoms with Crippen molar-refractivity contribution in [3.8, 4) is 10.6 Å². The van der Waals surface area contributed by atoms with E-state index in [1.165, 1.54) is 11.3 Å². The number of nitrogens with zero attached hydrogens (tertiary/aromatic N) is 3. The minimum atomic E-state index is -0.0336. The minimum absolute atomic E-state index is 0.0336. The van der Waals surface area contributed by atoms with Gasteiger partial charge in [-0.25, -0.2) is 4.98 Å². The zero-order valence-corrected chi connectivity index (χ0v) is 12.1. The molecule has 21 heavy (non-hydrogen) atoms. The molecule has 0 saturated carbocycles. The second-order valence-corrected chi connectivity index (χ2v) is 5.49. The Morgan fingerprint density at radius 3 is 2.86 bits per heavy atom. The van der Waals surface area contributed by atoms with Crippen molar-refractivity contribution in [3.63, 3.8) is 0 Å². The van der Waals surface area contributed by atoms with Crippen LogP contribution in [0.25, 0.3) is 10.6 Å². The number of anilines is 1. The zero-order valence-electron chi connectivity index (χ0n) is 11.3. The second kappa shape index (κ2) is 6.32. The SMILES string of the molecule is O=C(CCn1cccn1)Nc1cnc(-c2ccccc2)s1. The van der Waals surface area contributed by atoms with Gasteiger partial charge in [0.15, 0.2) is 0 Å². The van der Waals surface area contributed by atoms with E-state index in [1.54, 1.807) is 17.1 Å². The monoisotopic (exact) mass is 298 g/mol. The number of amides is 1. The number of nitrogens with one attached hydrogen (secondary N) is 1. The van der Waals surface area contributed by atoms with E-state index in [0.29, 0.717) is 13.0 Å². The molecule has 2 aromatic heterocycles. The summed E-state index contributed by atoms with van der Waals surface area (Å²) in [5.74, 6) is -0.0336. The van der Waals surface area contributed by atoms with Crippen LogP contribution in [0.3, 0.4) is 0 Å². The van der Waals surface area contributed by atoms with Gasteiger partial charge >= 0.3 is 0 Å². The molecule has 0 aliphatic carbocycles. The molecule has 3 rings (SSSR count). The van der Waals surface area contributed by atoms with E-state index in [2.05, 4.69) is 15.4 Å². The highest BCUT2D eigenvalue weighted by Gasteiger charge is 2.08. The molecule has 0 spiro atoms. The molecule has 1 N–H and O–H groups in total. The lowest BCUT2D eigenvalue weighted by Gasteiger charge is -2.02. The van der Waals surface area contributed by atoms with Gasteiger partial charge in [-0.05, 0) is 6.07 Å². The van der Waals surface area contributed by atoms with E-state index >= 15 is 0 Å². The third kappa shape index (κ3) is 3.55. The van der Waals surface area contributed by atoms with E-state index in [4.69, 9.17) is 0 Å². The van der Waals surface area contributed by atoms with E-state index < -0.39 is 0 Å². The standard InChI is InChI=1S/C15H14N4OS/c20-13(7-10-19-9-4-8-17-19)18-14-11-16-15(21-14)12-5-2-1-3-6-12/h1-6,8-9,11H,7,10H2,(H,18,20). The molecule has 3 aromatic rings. The summed E-state index contributed by atoms with van der Waals surface area (Å²) in [7, 11) is 0. The summed E-state index contributed by atoms with van der Waals surface area (Å²) in [5.41, 5.74) is 1.06. The highest BCUT2D eigenvalue weighted by molar-refractivity contribution is 7.19. The van der Waals surface area contributed by atoms with Crippen LogP contribution in [0.4, 0.5) is 5.00 Å². The Hall–Kier alpha value is -2.47. The van der Waals surface area contributed by atoms with Crippen molar-refractivity contribution >= 4 is 22.2 Å². The molecule has 0 saturated heterocycles. The summed E-state index contributed by atoms with van der Waals surface area (Å²) in [6, 6.07) is 11.8. The number of aryl methyl sites for hydroxylation is 1. The quantitative estimate of drug-likeness (QED) is 0.787. The molecule has 0 unspecified atom stereocenters. The number of benzene rings is 1. The Bertz CT molecular complexity index is 706. The molecule has 6 heteroatoms. The van der Waals surface area contributed by atoms with Gasteiger partial charge in [0, 0.05) is 30.9 Å². The van der Waals surface area contributed by atoms with Crippen LogP contribution in [-0.2, 0) is 11.3 Å². The number of rotatable bonds is 5. The molecule has 2 heterocycles. The van der Waals surface area contributed by atoms with Crippen LogP contribution in [0.5, 0.6) is 0 Å². The van der Waals surface area contributed by atoms with E-state index in [9.17, 15) is 4.79 Å². The van der Waals surface area contributed by atoms with Crippen molar-refractivity contribution in [2.24, 2.45) is 0 Å². The van der Waals surface area contributed by atoms with E-state index in [0.717, 1.165) is 15.6 Å². The smallest absolute Gasteiger partial charge is 0.226 e. The van der Waals surface area contributed by atoms with E-state index in [1.807, 2.05) is 42.6 Å². The van der Waals surface area contributed by atoms with Crippen molar-refractivity contribution in [1.82, 2.24) is 14.8 Å². The third-order valence-electron chi connectivity index (χ3n) is 2.92. The topological polar surface area (TPSA) is 59.8 Å². The van der Waals surface area contributed by atoms with E-state index in [-0.39, 0.29) is 5.91 Å². The fraction of sp³-hybridized carbons (Fsp3) is 0.133. The minimum Gasteiger partial charge on any atom is -0.316 e. The lowest BCUT2D eigenvalue weighted by molar-refractivity contribution is -0.116. The van der Waals surface area contributed by atoms with Gasteiger partial charge in [0.05, 0.1) is 6.20 Å². The maximum Gasteiger partial charge on any atom is 0.226 e. The molecule has 106 valence electrons. The molecule has 0 bridgehead atoms. The van der Waals surface area contributed by atoms with Crippen LogP contribution >= 0.6 is 11.3 Å². The maximum atomic E-state index is 11.9. The van der Waals surface area contributed by atoms with Gasteiger partial charge in [-0.2, -0.15) is 5.10 Å². The Labute approximate surface area is 126 Å². The molecule has 0 aliphatic heterocycles. The lowest BCUT2D eigenvalue weighted by Crippen LogP contribution is -2.13. The molecular formula is C15H14N4OS. The first-order chi connectivity index (χ1) is 10.3. The summed E-state index contributed by atoms with van der Waals surface area (Å²) in [5, 5.41) is 8.60. The number of carbonyl (C=O) groups excluding carboxylic acids is 1. The molecule has 1 aromatic carbocycles. The van der Waals surface area contributed by atoms with Crippen LogP contribution in [0.2, 0.25) is 0 Å². The molecule has 0 fully saturated rings. The Kier molecular flexibility index (Phi) is 4.07. The van der Waals surface area contributed by atoms with Gasteiger partial charge in [-0.15, -0.1) is 0 Å². The van der Waals surface area contributed by atoms with Gasteiger partial charge in [0.1, 0.15) is 10.0 Å². The van der Waals surface area contributed by atoms with Gasteiger partial charge in [0.25, 0.3) is 0 Å². The van der Waals surface area contributed by atoms with Gasteiger partial charge < -0.3 is 5.32 Å². The summed E-state index contributed by atoms with van der Waals surface area (Å²) in [4.78, 5) is 16.2. The highest BCUT2D eigenvalue weighted by atomic mass is 32.1. The third-order valence-corrected chi connectivity index (χ3v) is 3.88. The Morgan fingerprint density at radius 2 is 2.10 bits per heavy atom. The second-order valence-electron chi connectivity index (χ2n) is 4.46. The average Bonchev–Trinajstić information content (AvgIpc) is 3.17. The van der Waals surface area contributed by atoms with Gasteiger partial charge in [-0.1, -0.05) is 41.7 Å². The van der Waals surface area contributed by atoms with Crippen LogP contribution in [-0.4, -0.2) is 20.7 Å². The molecular weight excluding hydrogens is 284 g/mol. The summed E-state index contributed by atoms with van der Waals surface area (Å²) < 4.78 is 1.74. The number of thiazole rings is 1. The predicted molar refractivity (Wildman–Crippen MR) is 83.0 cm³/mol. The molecule has 0 radical (unpaired) electrons. The summed E-state index contributed by atoms with van der Waals surface area (Å²) in [6.07, 6.45) is 5.62. The van der Waals surface area contributed by atoms with Crippen LogP contribution in [0.15, 0.2) is 55.0 Å². The van der Waals surface area contributed by atoms with Crippen molar-refractivity contribution in [3.05, 3.63) is 55.0 Å². The summed E-state index contributed by atoms with van der Waals surface area (Å²) in [6.45, 7) is 0.573. The maximum absolute atomic E-state index is 11.9. The molecule has 1 amide bonds.